The van der Waals surface area contributed by atoms with Gasteiger partial charge in [0, 0.05) is 14.7 Å². The van der Waals surface area contributed by atoms with E-state index in [1.165, 1.54) is 5.56 Å². The van der Waals surface area contributed by atoms with Gasteiger partial charge in [0.2, 0.25) is 0 Å². The topological polar surface area (TPSA) is 17.1 Å². The molecule has 0 spiro atoms. The summed E-state index contributed by atoms with van der Waals surface area (Å²) in [5.74, 6) is 0.119. The van der Waals surface area contributed by atoms with E-state index >= 15 is 0 Å². The molecule has 98 valence electrons. The fraction of sp³-hybridized carbons (Fsp3) is 0.235. The number of halogens is 1. The molecule has 0 aromatic heterocycles. The highest BCUT2D eigenvalue weighted by Gasteiger charge is 2.16. The molecular weight excluding hydrogens is 347 g/mol. The van der Waals surface area contributed by atoms with Crippen LogP contribution >= 0.6 is 22.6 Å². The predicted molar refractivity (Wildman–Crippen MR) is 88.0 cm³/mol. The zero-order valence-corrected chi connectivity index (χ0v) is 13.8. The molecule has 0 amide bonds. The fourth-order valence-corrected chi connectivity index (χ4v) is 2.78. The van der Waals surface area contributed by atoms with Gasteiger partial charge in [-0.3, -0.25) is 4.79 Å². The lowest BCUT2D eigenvalue weighted by Crippen LogP contribution is -2.07. The number of hydrogen-bond acceptors (Lipinski definition) is 1. The van der Waals surface area contributed by atoms with Crippen LogP contribution in [0, 0.1) is 31.3 Å². The van der Waals surface area contributed by atoms with Crippen LogP contribution in [0.2, 0.25) is 0 Å². The molecule has 2 rings (SSSR count). The maximum Gasteiger partial charge on any atom is 0.194 e. The third kappa shape index (κ3) is 2.73. The van der Waals surface area contributed by atoms with Crippen molar-refractivity contribution in [3.63, 3.8) is 0 Å². The average Bonchev–Trinajstić information content (AvgIpc) is 2.36. The first-order chi connectivity index (χ1) is 8.91. The van der Waals surface area contributed by atoms with Crippen molar-refractivity contribution in [2.24, 2.45) is 0 Å². The number of carbonyl (C=O) groups excluding carboxylic acids is 1. The normalized spacial score (nSPS) is 10.6. The van der Waals surface area contributed by atoms with Gasteiger partial charge in [0.05, 0.1) is 0 Å². The molecule has 2 aromatic rings. The van der Waals surface area contributed by atoms with Gasteiger partial charge in [-0.2, -0.15) is 0 Å². The van der Waals surface area contributed by atoms with Crippen LogP contribution in [-0.4, -0.2) is 5.78 Å². The van der Waals surface area contributed by atoms with Crippen molar-refractivity contribution in [1.82, 2.24) is 0 Å². The minimum Gasteiger partial charge on any atom is -0.289 e. The molecule has 0 heterocycles. The summed E-state index contributed by atoms with van der Waals surface area (Å²) in [6.45, 7) is 8.16. The minimum absolute atomic E-state index is 0.119. The number of carbonyl (C=O) groups is 1. The van der Waals surface area contributed by atoms with Crippen LogP contribution in [0.5, 0.6) is 0 Å². The third-order valence-electron chi connectivity index (χ3n) is 3.52. The Kier molecular flexibility index (Phi) is 4.09. The van der Waals surface area contributed by atoms with Gasteiger partial charge in [-0.1, -0.05) is 18.2 Å². The van der Waals surface area contributed by atoms with Gasteiger partial charge in [0.1, 0.15) is 0 Å². The van der Waals surface area contributed by atoms with Crippen LogP contribution in [0.15, 0.2) is 30.3 Å². The lowest BCUT2D eigenvalue weighted by molar-refractivity contribution is 0.103. The molecule has 0 radical (unpaired) electrons. The first kappa shape index (κ1) is 14.3. The van der Waals surface area contributed by atoms with E-state index in [0.717, 1.165) is 31.4 Å². The highest BCUT2D eigenvalue weighted by Crippen LogP contribution is 2.23. The molecule has 2 aromatic carbocycles. The smallest absolute Gasteiger partial charge is 0.194 e. The maximum atomic E-state index is 12.7. The molecule has 2 heteroatoms. The maximum absolute atomic E-state index is 12.7. The summed E-state index contributed by atoms with van der Waals surface area (Å²) >= 11 is 2.25. The molecule has 1 nitrogen and oxygen atoms in total. The van der Waals surface area contributed by atoms with Crippen molar-refractivity contribution in [2.45, 2.75) is 27.7 Å². The number of benzene rings is 2. The summed E-state index contributed by atoms with van der Waals surface area (Å²) in [6, 6.07) is 9.98. The molecule has 0 N–H and O–H groups in total. The van der Waals surface area contributed by atoms with E-state index in [1.807, 2.05) is 45.0 Å². The van der Waals surface area contributed by atoms with Crippen LogP contribution in [0.4, 0.5) is 0 Å². The molecule has 0 aliphatic heterocycles. The quantitative estimate of drug-likeness (QED) is 0.555. The number of ketones is 1. The van der Waals surface area contributed by atoms with Crippen molar-refractivity contribution < 1.29 is 4.79 Å². The molecular formula is C17H17IO. The molecule has 0 aliphatic carbocycles. The van der Waals surface area contributed by atoms with Crippen LogP contribution in [-0.2, 0) is 0 Å². The average molecular weight is 364 g/mol. The molecule has 0 fully saturated rings. The van der Waals surface area contributed by atoms with Crippen molar-refractivity contribution in [3.05, 3.63) is 67.3 Å². The zero-order valence-electron chi connectivity index (χ0n) is 11.7. The third-order valence-corrected chi connectivity index (χ3v) is 4.95. The van der Waals surface area contributed by atoms with Crippen LogP contribution in [0.3, 0.4) is 0 Å². The van der Waals surface area contributed by atoms with E-state index in [2.05, 4.69) is 35.6 Å². The second-order valence-corrected chi connectivity index (χ2v) is 6.10. The SMILES string of the molecule is Cc1cc(C)c(C(=O)c2cccc(C)c2I)cc1C. The minimum atomic E-state index is 0.119. The highest BCUT2D eigenvalue weighted by atomic mass is 127. The van der Waals surface area contributed by atoms with Gasteiger partial charge >= 0.3 is 0 Å². The Balaban J connectivity index is 2.56. The summed E-state index contributed by atoms with van der Waals surface area (Å²) < 4.78 is 1.04. The molecule has 19 heavy (non-hydrogen) atoms. The Bertz CT molecular complexity index is 657. The van der Waals surface area contributed by atoms with E-state index in [9.17, 15) is 4.79 Å². The summed E-state index contributed by atoms with van der Waals surface area (Å²) in [5, 5.41) is 0. The van der Waals surface area contributed by atoms with Gasteiger partial charge in [-0.05, 0) is 84.7 Å². The van der Waals surface area contributed by atoms with Crippen LogP contribution in [0.25, 0.3) is 0 Å². The molecule has 0 bridgehead atoms. The fourth-order valence-electron chi connectivity index (χ4n) is 2.17. The van der Waals surface area contributed by atoms with Crippen LogP contribution in [0.1, 0.15) is 38.2 Å². The number of hydrogen-bond donors (Lipinski definition) is 0. The van der Waals surface area contributed by atoms with Crippen LogP contribution < -0.4 is 0 Å². The monoisotopic (exact) mass is 364 g/mol. The molecule has 0 unspecified atom stereocenters. The Morgan fingerprint density at radius 3 is 2.16 bits per heavy atom. The summed E-state index contributed by atoms with van der Waals surface area (Å²) in [7, 11) is 0. The Morgan fingerprint density at radius 2 is 1.47 bits per heavy atom. The predicted octanol–water partition coefficient (Wildman–Crippen LogP) is 4.76. The van der Waals surface area contributed by atoms with E-state index in [4.69, 9.17) is 0 Å². The van der Waals surface area contributed by atoms with E-state index in [1.54, 1.807) is 0 Å². The lowest BCUT2D eigenvalue weighted by Gasteiger charge is -2.11. The molecule has 0 saturated carbocycles. The van der Waals surface area contributed by atoms with E-state index in [0.29, 0.717) is 0 Å². The second-order valence-electron chi connectivity index (χ2n) is 5.02. The standard InChI is InChI=1S/C17H17IO/c1-10-6-5-7-14(16(10)18)17(19)15-9-12(3)11(2)8-13(15)4/h5-9H,1-4H3. The lowest BCUT2D eigenvalue weighted by atomic mass is 9.94. The Hall–Kier alpha value is -1.16. The van der Waals surface area contributed by atoms with E-state index < -0.39 is 0 Å². The summed E-state index contributed by atoms with van der Waals surface area (Å²) in [5.41, 5.74) is 6.20. The molecule has 0 atom stereocenters. The zero-order chi connectivity index (χ0) is 14.2. The highest BCUT2D eigenvalue weighted by molar-refractivity contribution is 14.1. The van der Waals surface area contributed by atoms with Gasteiger partial charge in [0.15, 0.2) is 5.78 Å². The molecule has 0 saturated heterocycles. The van der Waals surface area contributed by atoms with Gasteiger partial charge in [-0.25, -0.2) is 0 Å². The van der Waals surface area contributed by atoms with Gasteiger partial charge < -0.3 is 0 Å². The Labute approximate surface area is 128 Å². The number of aryl methyl sites for hydroxylation is 4. The number of rotatable bonds is 2. The van der Waals surface area contributed by atoms with Crippen molar-refractivity contribution in [2.75, 3.05) is 0 Å². The van der Waals surface area contributed by atoms with Crippen molar-refractivity contribution in [3.8, 4) is 0 Å². The van der Waals surface area contributed by atoms with Gasteiger partial charge in [-0.15, -0.1) is 0 Å². The Morgan fingerprint density at radius 1 is 0.842 bits per heavy atom. The van der Waals surface area contributed by atoms with Crippen molar-refractivity contribution in [1.29, 1.82) is 0 Å². The summed E-state index contributed by atoms with van der Waals surface area (Å²) in [6.07, 6.45) is 0. The first-order valence-corrected chi connectivity index (χ1v) is 7.37. The first-order valence-electron chi connectivity index (χ1n) is 6.29. The van der Waals surface area contributed by atoms with Gasteiger partial charge in [0.25, 0.3) is 0 Å². The second kappa shape index (κ2) is 5.45. The summed E-state index contributed by atoms with van der Waals surface area (Å²) in [4.78, 5) is 12.7. The van der Waals surface area contributed by atoms with Crippen molar-refractivity contribution >= 4 is 28.4 Å². The molecule has 0 aliphatic rings. The van der Waals surface area contributed by atoms with E-state index in [-0.39, 0.29) is 5.78 Å². The largest absolute Gasteiger partial charge is 0.289 e.